The first-order chi connectivity index (χ1) is 7.31. The largest absolute Gasteiger partial charge is 0.373 e. The van der Waals surface area contributed by atoms with Gasteiger partial charge in [-0.15, -0.1) is 23.4 Å². The molecule has 2 unspecified atom stereocenters. The average Bonchev–Trinajstić information content (AvgIpc) is 2.81. The molecule has 86 valence electrons. The Labute approximate surface area is 99.5 Å². The summed E-state index contributed by atoms with van der Waals surface area (Å²) in [6.45, 7) is 2.02. The molecule has 0 spiro atoms. The first kappa shape index (κ1) is 11.6. The van der Waals surface area contributed by atoms with E-state index in [0.29, 0.717) is 19.0 Å². The molecule has 2 atom stereocenters. The number of carbonyl (C=O) groups is 1. The van der Waals surface area contributed by atoms with E-state index in [-0.39, 0.29) is 17.3 Å². The summed E-state index contributed by atoms with van der Waals surface area (Å²) in [6.07, 6.45) is 2.23. The minimum atomic E-state index is 0.0239. The molecule has 0 N–H and O–H groups in total. The number of rotatable bonds is 2. The van der Waals surface area contributed by atoms with Crippen LogP contribution in [0.3, 0.4) is 0 Å². The fourth-order valence-electron chi connectivity index (χ4n) is 1.99. The standard InChI is InChI=1S/C10H16ClNO2S/c11-6-8-7-12(3-4-14-8)10(13)9-2-1-5-15-9/h8-9H,1-7H2. The Balaban J connectivity index is 1.88. The summed E-state index contributed by atoms with van der Waals surface area (Å²) < 4.78 is 5.44. The normalized spacial score (nSPS) is 31.9. The third-order valence-electron chi connectivity index (χ3n) is 2.83. The zero-order chi connectivity index (χ0) is 10.7. The van der Waals surface area contributed by atoms with E-state index in [1.165, 1.54) is 6.42 Å². The summed E-state index contributed by atoms with van der Waals surface area (Å²) in [6, 6.07) is 0. The third-order valence-corrected chi connectivity index (χ3v) is 4.54. The SMILES string of the molecule is O=C(C1CCCS1)N1CCOC(CCl)C1. The van der Waals surface area contributed by atoms with Crippen LogP contribution in [-0.2, 0) is 9.53 Å². The first-order valence-electron chi connectivity index (χ1n) is 5.39. The lowest BCUT2D eigenvalue weighted by molar-refractivity contribution is -0.137. The summed E-state index contributed by atoms with van der Waals surface area (Å²) in [4.78, 5) is 14.0. The predicted molar refractivity (Wildman–Crippen MR) is 62.5 cm³/mol. The van der Waals surface area contributed by atoms with Gasteiger partial charge in [-0.05, 0) is 18.6 Å². The minimum absolute atomic E-state index is 0.0239. The van der Waals surface area contributed by atoms with E-state index in [1.54, 1.807) is 11.8 Å². The van der Waals surface area contributed by atoms with Gasteiger partial charge < -0.3 is 9.64 Å². The van der Waals surface area contributed by atoms with Crippen molar-refractivity contribution >= 4 is 29.3 Å². The second-order valence-corrected chi connectivity index (χ2v) is 5.55. The molecule has 2 fully saturated rings. The second-order valence-electron chi connectivity index (χ2n) is 3.93. The van der Waals surface area contributed by atoms with Crippen LogP contribution < -0.4 is 0 Å². The molecule has 2 rings (SSSR count). The van der Waals surface area contributed by atoms with Gasteiger partial charge in [-0.3, -0.25) is 4.79 Å². The highest BCUT2D eigenvalue weighted by Crippen LogP contribution is 2.28. The summed E-state index contributed by atoms with van der Waals surface area (Å²) in [7, 11) is 0. The Hall–Kier alpha value is 0.0700. The zero-order valence-corrected chi connectivity index (χ0v) is 10.2. The first-order valence-corrected chi connectivity index (χ1v) is 6.97. The summed E-state index contributed by atoms with van der Waals surface area (Å²) in [5, 5.41) is 0.194. The van der Waals surface area contributed by atoms with E-state index in [9.17, 15) is 4.79 Å². The van der Waals surface area contributed by atoms with Gasteiger partial charge in [0.1, 0.15) is 0 Å². The molecule has 3 nitrogen and oxygen atoms in total. The van der Waals surface area contributed by atoms with Gasteiger partial charge in [0.2, 0.25) is 5.91 Å². The van der Waals surface area contributed by atoms with Crippen LogP contribution in [0.2, 0.25) is 0 Å². The van der Waals surface area contributed by atoms with Crippen molar-refractivity contribution < 1.29 is 9.53 Å². The average molecular weight is 250 g/mol. The molecule has 15 heavy (non-hydrogen) atoms. The lowest BCUT2D eigenvalue weighted by atomic mass is 10.2. The van der Waals surface area contributed by atoms with Gasteiger partial charge in [0.15, 0.2) is 0 Å². The van der Waals surface area contributed by atoms with Crippen molar-refractivity contribution in [2.45, 2.75) is 24.2 Å². The molecule has 0 bridgehead atoms. The van der Waals surface area contributed by atoms with Crippen LogP contribution in [0.15, 0.2) is 0 Å². The number of hydrogen-bond acceptors (Lipinski definition) is 3. The summed E-state index contributed by atoms with van der Waals surface area (Å²) >= 11 is 7.53. The van der Waals surface area contributed by atoms with Gasteiger partial charge in [-0.1, -0.05) is 0 Å². The molecule has 1 amide bonds. The number of hydrogen-bond donors (Lipinski definition) is 0. The predicted octanol–water partition coefficient (Wildman–Crippen LogP) is 1.35. The molecule has 0 aromatic heterocycles. The molecule has 5 heteroatoms. The third kappa shape index (κ3) is 2.80. The van der Waals surface area contributed by atoms with Crippen LogP contribution in [0, 0.1) is 0 Å². The Kier molecular flexibility index (Phi) is 4.17. The number of carbonyl (C=O) groups excluding carboxylic acids is 1. The van der Waals surface area contributed by atoms with Crippen molar-refractivity contribution in [2.75, 3.05) is 31.3 Å². The molecule has 0 radical (unpaired) electrons. The number of alkyl halides is 1. The van der Waals surface area contributed by atoms with Crippen LogP contribution in [0.25, 0.3) is 0 Å². The molecule has 0 aromatic rings. The van der Waals surface area contributed by atoms with Crippen LogP contribution in [0.4, 0.5) is 0 Å². The van der Waals surface area contributed by atoms with Crippen LogP contribution in [0.1, 0.15) is 12.8 Å². The molecular formula is C10H16ClNO2S. The Morgan fingerprint density at radius 3 is 3.13 bits per heavy atom. The van der Waals surface area contributed by atoms with Gasteiger partial charge >= 0.3 is 0 Å². The maximum Gasteiger partial charge on any atom is 0.235 e. The van der Waals surface area contributed by atoms with Gasteiger partial charge in [0, 0.05) is 13.1 Å². The number of ether oxygens (including phenoxy) is 1. The highest BCUT2D eigenvalue weighted by atomic mass is 35.5. The molecule has 2 aliphatic rings. The number of halogens is 1. The lowest BCUT2D eigenvalue weighted by Crippen LogP contribution is -2.48. The second kappa shape index (κ2) is 5.41. The fraction of sp³-hybridized carbons (Fsp3) is 0.900. The number of nitrogens with zero attached hydrogens (tertiary/aromatic N) is 1. The molecular weight excluding hydrogens is 234 g/mol. The van der Waals surface area contributed by atoms with Crippen molar-refractivity contribution in [3.05, 3.63) is 0 Å². The summed E-state index contributed by atoms with van der Waals surface area (Å²) in [5.74, 6) is 1.89. The zero-order valence-electron chi connectivity index (χ0n) is 8.65. The van der Waals surface area contributed by atoms with Crippen LogP contribution in [-0.4, -0.2) is 53.5 Å². The fourth-order valence-corrected chi connectivity index (χ4v) is 3.42. The highest BCUT2D eigenvalue weighted by molar-refractivity contribution is 8.00. The highest BCUT2D eigenvalue weighted by Gasteiger charge is 2.31. The van der Waals surface area contributed by atoms with E-state index in [2.05, 4.69) is 0 Å². The maximum absolute atomic E-state index is 12.1. The van der Waals surface area contributed by atoms with Gasteiger partial charge in [0.05, 0.1) is 23.8 Å². The van der Waals surface area contributed by atoms with E-state index in [4.69, 9.17) is 16.3 Å². The van der Waals surface area contributed by atoms with Crippen molar-refractivity contribution in [1.29, 1.82) is 0 Å². The van der Waals surface area contributed by atoms with E-state index in [1.807, 2.05) is 4.90 Å². The van der Waals surface area contributed by atoms with Crippen molar-refractivity contribution in [1.82, 2.24) is 4.90 Å². The lowest BCUT2D eigenvalue weighted by Gasteiger charge is -2.33. The van der Waals surface area contributed by atoms with E-state index >= 15 is 0 Å². The molecule has 2 saturated heterocycles. The molecule has 2 aliphatic heterocycles. The van der Waals surface area contributed by atoms with Gasteiger partial charge in [-0.25, -0.2) is 0 Å². The smallest absolute Gasteiger partial charge is 0.235 e. The van der Waals surface area contributed by atoms with Crippen molar-refractivity contribution in [2.24, 2.45) is 0 Å². The Bertz CT molecular complexity index is 233. The van der Waals surface area contributed by atoms with Gasteiger partial charge in [-0.2, -0.15) is 0 Å². The number of thioether (sulfide) groups is 1. The monoisotopic (exact) mass is 249 g/mol. The van der Waals surface area contributed by atoms with Gasteiger partial charge in [0.25, 0.3) is 0 Å². The molecule has 0 aliphatic carbocycles. The minimum Gasteiger partial charge on any atom is -0.373 e. The number of morpholine rings is 1. The molecule has 0 aromatic carbocycles. The van der Waals surface area contributed by atoms with Crippen molar-refractivity contribution in [3.8, 4) is 0 Å². The molecule has 2 heterocycles. The van der Waals surface area contributed by atoms with E-state index < -0.39 is 0 Å². The quantitative estimate of drug-likeness (QED) is 0.692. The Morgan fingerprint density at radius 2 is 2.47 bits per heavy atom. The molecule has 0 saturated carbocycles. The Morgan fingerprint density at radius 1 is 1.60 bits per heavy atom. The number of amides is 1. The maximum atomic E-state index is 12.1. The van der Waals surface area contributed by atoms with Crippen LogP contribution in [0.5, 0.6) is 0 Å². The van der Waals surface area contributed by atoms with Crippen molar-refractivity contribution in [3.63, 3.8) is 0 Å². The van der Waals surface area contributed by atoms with E-state index in [0.717, 1.165) is 18.7 Å². The van der Waals surface area contributed by atoms with Crippen LogP contribution >= 0.6 is 23.4 Å². The summed E-state index contributed by atoms with van der Waals surface area (Å²) in [5.41, 5.74) is 0. The topological polar surface area (TPSA) is 29.5 Å².